The third-order valence-electron chi connectivity index (χ3n) is 3.11. The van der Waals surface area contributed by atoms with Crippen LogP contribution in [0.1, 0.15) is 36.2 Å². The highest BCUT2D eigenvalue weighted by atomic mass is 35.5. The summed E-state index contributed by atoms with van der Waals surface area (Å²) in [5.74, 6) is -0.265. The maximum Gasteiger partial charge on any atom is 0.123 e. The third-order valence-corrected chi connectivity index (χ3v) is 3.62. The molecule has 21 heavy (non-hydrogen) atoms. The Morgan fingerprint density at radius 3 is 2.62 bits per heavy atom. The Bertz CT molecular complexity index is 611. The van der Waals surface area contributed by atoms with E-state index in [4.69, 9.17) is 23.2 Å². The fourth-order valence-electron chi connectivity index (χ4n) is 2.23. The molecule has 1 heterocycles. The van der Waals surface area contributed by atoms with E-state index in [0.29, 0.717) is 15.7 Å². The van der Waals surface area contributed by atoms with Gasteiger partial charge in [-0.3, -0.25) is 4.98 Å². The van der Waals surface area contributed by atoms with Crippen molar-refractivity contribution in [3.05, 3.63) is 63.1 Å². The van der Waals surface area contributed by atoms with Crippen LogP contribution in [-0.2, 0) is 0 Å². The van der Waals surface area contributed by atoms with Gasteiger partial charge in [-0.2, -0.15) is 0 Å². The second-order valence-corrected chi connectivity index (χ2v) is 5.81. The van der Waals surface area contributed by atoms with Gasteiger partial charge in [0, 0.05) is 6.20 Å². The standard InChI is InChI=1S/C16H17Cl2FN2/c1-3-4-20-15(11-5-10(2)6-13(19)7-11)16-14(18)8-12(17)9-21-16/h5-9,15,20H,3-4H2,1-2H3. The van der Waals surface area contributed by atoms with Gasteiger partial charge in [0.05, 0.1) is 21.8 Å². The van der Waals surface area contributed by atoms with Crippen LogP contribution in [0.4, 0.5) is 4.39 Å². The largest absolute Gasteiger partial charge is 0.305 e. The lowest BCUT2D eigenvalue weighted by Gasteiger charge is -2.20. The zero-order valence-corrected chi connectivity index (χ0v) is 13.5. The van der Waals surface area contributed by atoms with Gasteiger partial charge in [-0.15, -0.1) is 0 Å². The highest BCUT2D eigenvalue weighted by Gasteiger charge is 2.19. The summed E-state index contributed by atoms with van der Waals surface area (Å²) in [6.45, 7) is 4.71. The summed E-state index contributed by atoms with van der Waals surface area (Å²) in [6.07, 6.45) is 2.51. The number of hydrogen-bond donors (Lipinski definition) is 1. The van der Waals surface area contributed by atoms with E-state index in [0.717, 1.165) is 24.1 Å². The van der Waals surface area contributed by atoms with Crippen molar-refractivity contribution in [1.82, 2.24) is 10.3 Å². The van der Waals surface area contributed by atoms with E-state index >= 15 is 0 Å². The van der Waals surface area contributed by atoms with E-state index in [1.165, 1.54) is 12.1 Å². The molecular formula is C16H17Cl2FN2. The minimum atomic E-state index is -0.265. The monoisotopic (exact) mass is 326 g/mol. The Labute approximate surface area is 134 Å². The van der Waals surface area contributed by atoms with E-state index < -0.39 is 0 Å². The Hall–Kier alpha value is -1.16. The van der Waals surface area contributed by atoms with E-state index in [9.17, 15) is 4.39 Å². The molecule has 5 heteroatoms. The van der Waals surface area contributed by atoms with Crippen molar-refractivity contribution in [2.24, 2.45) is 0 Å². The maximum absolute atomic E-state index is 13.7. The fraction of sp³-hybridized carbons (Fsp3) is 0.312. The van der Waals surface area contributed by atoms with E-state index in [1.807, 2.05) is 13.0 Å². The molecule has 1 aromatic carbocycles. The second-order valence-electron chi connectivity index (χ2n) is 4.97. The summed E-state index contributed by atoms with van der Waals surface area (Å²) in [5, 5.41) is 4.31. The molecule has 1 aromatic heterocycles. The first kappa shape index (κ1) is 16.2. The van der Waals surface area contributed by atoms with Crippen LogP contribution in [0.2, 0.25) is 10.0 Å². The topological polar surface area (TPSA) is 24.9 Å². The second kappa shape index (κ2) is 7.21. The molecule has 112 valence electrons. The molecule has 0 bridgehead atoms. The minimum absolute atomic E-state index is 0.260. The molecule has 2 rings (SSSR count). The van der Waals surface area contributed by atoms with Crippen LogP contribution < -0.4 is 5.32 Å². The highest BCUT2D eigenvalue weighted by Crippen LogP contribution is 2.29. The van der Waals surface area contributed by atoms with Gasteiger partial charge < -0.3 is 5.32 Å². The molecule has 2 nitrogen and oxygen atoms in total. The highest BCUT2D eigenvalue weighted by molar-refractivity contribution is 6.34. The molecule has 1 unspecified atom stereocenters. The van der Waals surface area contributed by atoms with Crippen molar-refractivity contribution in [1.29, 1.82) is 0 Å². The first-order valence-electron chi connectivity index (χ1n) is 6.82. The van der Waals surface area contributed by atoms with Crippen molar-refractivity contribution < 1.29 is 4.39 Å². The van der Waals surface area contributed by atoms with Crippen LogP contribution in [0.5, 0.6) is 0 Å². The zero-order valence-electron chi connectivity index (χ0n) is 12.0. The van der Waals surface area contributed by atoms with Crippen LogP contribution in [0.3, 0.4) is 0 Å². The normalized spacial score (nSPS) is 12.4. The van der Waals surface area contributed by atoms with E-state index in [2.05, 4.69) is 17.2 Å². The molecule has 0 amide bonds. The fourth-order valence-corrected chi connectivity index (χ4v) is 2.72. The number of hydrogen-bond acceptors (Lipinski definition) is 2. The quantitative estimate of drug-likeness (QED) is 0.843. The van der Waals surface area contributed by atoms with Crippen LogP contribution >= 0.6 is 23.2 Å². The molecule has 2 aromatic rings. The van der Waals surface area contributed by atoms with Gasteiger partial charge >= 0.3 is 0 Å². The minimum Gasteiger partial charge on any atom is -0.305 e. The van der Waals surface area contributed by atoms with E-state index in [1.54, 1.807) is 12.3 Å². The molecule has 0 aliphatic heterocycles. The molecule has 1 atom stereocenters. The number of aryl methyl sites for hydroxylation is 1. The lowest BCUT2D eigenvalue weighted by Crippen LogP contribution is -2.24. The summed E-state index contributed by atoms with van der Waals surface area (Å²) < 4.78 is 13.7. The number of halogens is 3. The van der Waals surface area contributed by atoms with Crippen molar-refractivity contribution in [2.45, 2.75) is 26.3 Å². The summed E-state index contributed by atoms with van der Waals surface area (Å²) in [5.41, 5.74) is 2.32. The molecular weight excluding hydrogens is 310 g/mol. The van der Waals surface area contributed by atoms with Gasteiger partial charge in [-0.05, 0) is 49.2 Å². The van der Waals surface area contributed by atoms with Crippen molar-refractivity contribution in [3.63, 3.8) is 0 Å². The maximum atomic E-state index is 13.7. The predicted molar refractivity (Wildman–Crippen MR) is 85.5 cm³/mol. The van der Waals surface area contributed by atoms with Gasteiger partial charge in [0.25, 0.3) is 0 Å². The first-order chi connectivity index (χ1) is 10.0. The molecule has 0 aliphatic rings. The average molecular weight is 327 g/mol. The van der Waals surface area contributed by atoms with Crippen molar-refractivity contribution in [3.8, 4) is 0 Å². The Balaban J connectivity index is 2.46. The van der Waals surface area contributed by atoms with Gasteiger partial charge in [-0.1, -0.05) is 36.2 Å². The predicted octanol–water partition coefficient (Wildman–Crippen LogP) is 4.92. The Morgan fingerprint density at radius 2 is 2.00 bits per heavy atom. The molecule has 0 saturated carbocycles. The van der Waals surface area contributed by atoms with Crippen LogP contribution in [0, 0.1) is 12.7 Å². The Morgan fingerprint density at radius 1 is 1.24 bits per heavy atom. The molecule has 0 spiro atoms. The zero-order chi connectivity index (χ0) is 15.4. The van der Waals surface area contributed by atoms with Crippen LogP contribution in [0.15, 0.2) is 30.5 Å². The Kier molecular flexibility index (Phi) is 5.57. The summed E-state index contributed by atoms with van der Waals surface area (Å²) in [6, 6.07) is 6.33. The molecule has 0 fully saturated rings. The average Bonchev–Trinajstić information content (AvgIpc) is 2.40. The van der Waals surface area contributed by atoms with Gasteiger partial charge in [-0.25, -0.2) is 4.39 Å². The first-order valence-corrected chi connectivity index (χ1v) is 7.58. The smallest absolute Gasteiger partial charge is 0.123 e. The summed E-state index contributed by atoms with van der Waals surface area (Å²) in [7, 11) is 0. The lowest BCUT2D eigenvalue weighted by molar-refractivity contribution is 0.575. The lowest BCUT2D eigenvalue weighted by atomic mass is 10.0. The third kappa shape index (κ3) is 4.16. The number of benzene rings is 1. The summed E-state index contributed by atoms with van der Waals surface area (Å²) >= 11 is 12.1. The van der Waals surface area contributed by atoms with Crippen LogP contribution in [-0.4, -0.2) is 11.5 Å². The summed E-state index contributed by atoms with van der Waals surface area (Å²) in [4.78, 5) is 4.32. The van der Waals surface area contributed by atoms with Crippen molar-refractivity contribution >= 4 is 23.2 Å². The molecule has 0 aliphatic carbocycles. The number of nitrogens with one attached hydrogen (secondary N) is 1. The van der Waals surface area contributed by atoms with Gasteiger partial charge in [0.15, 0.2) is 0 Å². The number of nitrogens with zero attached hydrogens (tertiary/aromatic N) is 1. The molecule has 0 radical (unpaired) electrons. The number of aromatic nitrogens is 1. The van der Waals surface area contributed by atoms with Gasteiger partial charge in [0.2, 0.25) is 0 Å². The molecule has 0 saturated heterocycles. The van der Waals surface area contributed by atoms with Crippen molar-refractivity contribution in [2.75, 3.05) is 6.54 Å². The number of pyridine rings is 1. The van der Waals surface area contributed by atoms with Crippen LogP contribution in [0.25, 0.3) is 0 Å². The number of rotatable bonds is 5. The van der Waals surface area contributed by atoms with Gasteiger partial charge in [0.1, 0.15) is 5.82 Å². The SMILES string of the molecule is CCCNC(c1cc(C)cc(F)c1)c1ncc(Cl)cc1Cl. The van der Waals surface area contributed by atoms with E-state index in [-0.39, 0.29) is 11.9 Å². The molecule has 1 N–H and O–H groups in total.